The third-order valence-corrected chi connectivity index (χ3v) is 11.4. The predicted molar refractivity (Wildman–Crippen MR) is 177 cm³/mol. The summed E-state index contributed by atoms with van der Waals surface area (Å²) in [6, 6.07) is 4.57. The van der Waals surface area contributed by atoms with Crippen LogP contribution in [0.15, 0.2) is 10.6 Å². The second-order valence-corrected chi connectivity index (χ2v) is 15.1. The largest absolute Gasteiger partial charge is 0.473 e. The molecule has 10 nitrogen and oxygen atoms in total. The second kappa shape index (κ2) is 12.4. The molecular formula is C34H45FN8O2S. The SMILES string of the molecule is CCCCc1c(-c2nc(O[C@@H](C)[C@@H]3C[C@@H](F)CN3C)cc(N3C[C@H](C)NC4(CC4)C3)n2)noc1[C@H]1CCCc2sc(N)c(C#N)c21. The number of aryl methyl sites for hydroxylation is 1. The topological polar surface area (TPSA) is 129 Å². The van der Waals surface area contributed by atoms with Crippen molar-refractivity contribution in [2.75, 3.05) is 37.3 Å². The van der Waals surface area contributed by atoms with E-state index in [0.29, 0.717) is 47.0 Å². The minimum atomic E-state index is -0.857. The first-order valence-electron chi connectivity index (χ1n) is 16.9. The van der Waals surface area contributed by atoms with Crippen LogP contribution in [0.25, 0.3) is 11.5 Å². The van der Waals surface area contributed by atoms with Crippen molar-refractivity contribution in [3.05, 3.63) is 33.4 Å². The molecule has 2 aliphatic carbocycles. The average molecular weight is 649 g/mol. The Morgan fingerprint density at radius 3 is 2.87 bits per heavy atom. The third-order valence-electron chi connectivity index (χ3n) is 10.3. The van der Waals surface area contributed by atoms with E-state index in [2.05, 4.69) is 35.3 Å². The monoisotopic (exact) mass is 648 g/mol. The number of ether oxygens (including phenoxy) is 1. The van der Waals surface area contributed by atoms with Gasteiger partial charge in [-0.05, 0) is 77.8 Å². The molecule has 2 saturated heterocycles. The van der Waals surface area contributed by atoms with Crippen molar-refractivity contribution in [1.82, 2.24) is 25.3 Å². The van der Waals surface area contributed by atoms with Crippen LogP contribution in [0.3, 0.4) is 0 Å². The summed E-state index contributed by atoms with van der Waals surface area (Å²) in [6.07, 6.45) is 7.12. The normalized spacial score (nSPS) is 26.2. The lowest BCUT2D eigenvalue weighted by Crippen LogP contribution is -2.57. The van der Waals surface area contributed by atoms with Crippen LogP contribution in [-0.2, 0) is 12.8 Å². The molecule has 1 spiro atoms. The quantitative estimate of drug-likeness (QED) is 0.303. The highest BCUT2D eigenvalue weighted by atomic mass is 32.1. The van der Waals surface area contributed by atoms with Gasteiger partial charge < -0.3 is 25.2 Å². The summed E-state index contributed by atoms with van der Waals surface area (Å²) in [7, 11) is 1.95. The number of anilines is 2. The first-order valence-corrected chi connectivity index (χ1v) is 17.7. The lowest BCUT2D eigenvalue weighted by molar-refractivity contribution is 0.117. The van der Waals surface area contributed by atoms with E-state index in [1.165, 1.54) is 16.2 Å². The molecule has 246 valence electrons. The molecule has 46 heavy (non-hydrogen) atoms. The van der Waals surface area contributed by atoms with Crippen LogP contribution in [0.5, 0.6) is 5.88 Å². The van der Waals surface area contributed by atoms with E-state index < -0.39 is 6.17 Å². The molecular weight excluding hydrogens is 603 g/mol. The number of likely N-dealkylation sites (tertiary alicyclic amines) is 1. The Labute approximate surface area is 274 Å². The maximum absolute atomic E-state index is 14.3. The Morgan fingerprint density at radius 2 is 2.15 bits per heavy atom. The van der Waals surface area contributed by atoms with Crippen molar-refractivity contribution >= 4 is 22.2 Å². The first kappa shape index (κ1) is 31.3. The maximum Gasteiger partial charge on any atom is 0.219 e. The van der Waals surface area contributed by atoms with Crippen LogP contribution >= 0.6 is 11.3 Å². The van der Waals surface area contributed by atoms with Crippen LogP contribution in [-0.4, -0.2) is 76.6 Å². The van der Waals surface area contributed by atoms with Crippen LogP contribution in [0.1, 0.15) is 99.0 Å². The number of aromatic nitrogens is 3. The molecule has 0 radical (unpaired) electrons. The van der Waals surface area contributed by atoms with Gasteiger partial charge in [-0.15, -0.1) is 11.3 Å². The van der Waals surface area contributed by atoms with Gasteiger partial charge in [-0.3, -0.25) is 4.90 Å². The number of alkyl halides is 1. The molecule has 4 aliphatic rings. The summed E-state index contributed by atoms with van der Waals surface area (Å²) >= 11 is 1.52. The van der Waals surface area contributed by atoms with E-state index in [1.54, 1.807) is 0 Å². The molecule has 5 atom stereocenters. The van der Waals surface area contributed by atoms with Crippen LogP contribution in [0.2, 0.25) is 0 Å². The Bertz CT molecular complexity index is 1630. The molecule has 1 saturated carbocycles. The van der Waals surface area contributed by atoms with Gasteiger partial charge in [-0.1, -0.05) is 18.5 Å². The number of hydrogen-bond donors (Lipinski definition) is 2. The fraction of sp³-hybridized carbons (Fsp3) is 0.647. The number of likely N-dealkylation sites (N-methyl/N-ethyl adjacent to an activating group) is 1. The van der Waals surface area contributed by atoms with Crippen molar-refractivity contribution < 1.29 is 13.7 Å². The standard InChI is InChI=1S/C34H45FN8O2S/c1-5-6-8-23-30(41-45-31(23)22-9-7-10-26-29(22)24(15-36)32(37)46-26)33-38-27(43-16-19(2)40-34(18-43)11-12-34)14-28(39-33)44-20(3)25-13-21(35)17-42(25)4/h14,19-22,25,40H,5-13,16-18,37H2,1-4H3/t19-,20-,21+,22-,25-/m0/s1. The zero-order valence-electron chi connectivity index (χ0n) is 27.3. The van der Waals surface area contributed by atoms with Crippen LogP contribution in [0.4, 0.5) is 15.2 Å². The lowest BCUT2D eigenvalue weighted by atomic mass is 9.81. The summed E-state index contributed by atoms with van der Waals surface area (Å²) in [4.78, 5) is 15.6. The van der Waals surface area contributed by atoms with Gasteiger partial charge in [0.25, 0.3) is 0 Å². The number of nitrogens with two attached hydrogens (primary N) is 1. The number of fused-ring (bicyclic) bond motifs is 1. The second-order valence-electron chi connectivity index (χ2n) is 14.0. The van der Waals surface area contributed by atoms with E-state index in [-0.39, 0.29) is 23.6 Å². The van der Waals surface area contributed by atoms with Crippen molar-refractivity contribution in [3.63, 3.8) is 0 Å². The molecule has 0 bridgehead atoms. The third kappa shape index (κ3) is 5.86. The smallest absolute Gasteiger partial charge is 0.219 e. The van der Waals surface area contributed by atoms with Gasteiger partial charge in [0.05, 0.1) is 5.56 Å². The van der Waals surface area contributed by atoms with Crippen LogP contribution < -0.4 is 20.7 Å². The first-order chi connectivity index (χ1) is 22.2. The molecule has 0 aromatic carbocycles. The number of thiophene rings is 1. The zero-order valence-corrected chi connectivity index (χ0v) is 28.1. The van der Waals surface area contributed by atoms with Gasteiger partial charge in [0.1, 0.15) is 34.9 Å². The highest BCUT2D eigenvalue weighted by Crippen LogP contribution is 2.47. The average Bonchev–Trinajstić information content (AvgIpc) is 3.33. The number of nitrogen functional groups attached to an aromatic ring is 1. The molecule has 3 fully saturated rings. The van der Waals surface area contributed by atoms with Gasteiger partial charge in [-0.25, -0.2) is 9.37 Å². The number of halogens is 1. The number of nitrogens with zero attached hydrogens (tertiary/aromatic N) is 6. The molecule has 0 amide bonds. The maximum atomic E-state index is 14.3. The molecule has 5 heterocycles. The number of nitriles is 1. The van der Waals surface area contributed by atoms with Crippen molar-refractivity contribution in [2.24, 2.45) is 0 Å². The van der Waals surface area contributed by atoms with E-state index >= 15 is 0 Å². The molecule has 3 aromatic heterocycles. The van der Waals surface area contributed by atoms with E-state index in [1.807, 2.05) is 24.9 Å². The highest BCUT2D eigenvalue weighted by molar-refractivity contribution is 7.16. The molecule has 3 aromatic rings. The number of rotatable bonds is 9. The fourth-order valence-corrected chi connectivity index (χ4v) is 9.07. The molecule has 3 N–H and O–H groups in total. The molecule has 0 unspecified atom stereocenters. The van der Waals surface area contributed by atoms with Crippen molar-refractivity contribution in [2.45, 2.75) is 114 Å². The summed E-state index contributed by atoms with van der Waals surface area (Å²) in [5.74, 6) is 2.44. The summed E-state index contributed by atoms with van der Waals surface area (Å²) in [5.41, 5.74) is 9.63. The minimum absolute atomic E-state index is 0.0440. The Balaban J connectivity index is 1.30. The molecule has 2 aliphatic heterocycles. The summed E-state index contributed by atoms with van der Waals surface area (Å²) < 4.78 is 27.1. The fourth-order valence-electron chi connectivity index (χ4n) is 7.95. The van der Waals surface area contributed by atoms with Gasteiger partial charge >= 0.3 is 0 Å². The van der Waals surface area contributed by atoms with Gasteiger partial charge in [-0.2, -0.15) is 10.2 Å². The molecule has 7 rings (SSSR count). The Morgan fingerprint density at radius 1 is 1.33 bits per heavy atom. The number of hydrogen-bond acceptors (Lipinski definition) is 11. The van der Waals surface area contributed by atoms with Gasteiger partial charge in [0.15, 0.2) is 11.5 Å². The lowest BCUT2D eigenvalue weighted by Gasteiger charge is -2.39. The Kier molecular flexibility index (Phi) is 8.44. The number of unbranched alkanes of at least 4 members (excludes halogenated alkanes) is 1. The van der Waals surface area contributed by atoms with Crippen molar-refractivity contribution in [3.8, 4) is 23.5 Å². The molecule has 12 heteroatoms. The summed E-state index contributed by atoms with van der Waals surface area (Å²) in [5, 5.41) is 19.0. The van der Waals surface area contributed by atoms with Crippen LogP contribution in [0, 0.1) is 11.3 Å². The zero-order chi connectivity index (χ0) is 32.2. The van der Waals surface area contributed by atoms with E-state index in [4.69, 9.17) is 25.0 Å². The minimum Gasteiger partial charge on any atom is -0.473 e. The van der Waals surface area contributed by atoms with Gasteiger partial charge in [0.2, 0.25) is 5.88 Å². The predicted octanol–water partition coefficient (Wildman–Crippen LogP) is 5.60. The van der Waals surface area contributed by atoms with Crippen molar-refractivity contribution in [1.29, 1.82) is 5.26 Å². The number of piperazine rings is 1. The Hall–Kier alpha value is -3.27. The summed E-state index contributed by atoms with van der Waals surface area (Å²) in [6.45, 7) is 8.48. The van der Waals surface area contributed by atoms with E-state index in [9.17, 15) is 9.65 Å². The van der Waals surface area contributed by atoms with Gasteiger partial charge in [0, 0.05) is 59.7 Å². The highest BCUT2D eigenvalue weighted by Gasteiger charge is 2.48. The number of nitrogens with one attached hydrogen (secondary N) is 1. The van der Waals surface area contributed by atoms with E-state index in [0.717, 1.165) is 87.2 Å².